The molecule has 2 amide bonds. The highest BCUT2D eigenvalue weighted by Gasteiger charge is 2.36. The number of carbonyl (C=O) groups excluding carboxylic acids is 2. The Balaban J connectivity index is 1.45. The van der Waals surface area contributed by atoms with Crippen molar-refractivity contribution in [3.8, 4) is 0 Å². The summed E-state index contributed by atoms with van der Waals surface area (Å²) in [6.45, 7) is 1.16. The molecule has 3 N–H and O–H groups in total. The lowest BCUT2D eigenvalue weighted by Crippen LogP contribution is -2.25. The van der Waals surface area contributed by atoms with E-state index in [1.165, 1.54) is 0 Å². The first-order valence-electron chi connectivity index (χ1n) is 9.46. The van der Waals surface area contributed by atoms with Crippen LogP contribution in [-0.4, -0.2) is 32.8 Å². The van der Waals surface area contributed by atoms with Crippen molar-refractivity contribution in [3.05, 3.63) is 71.8 Å². The smallest absolute Gasteiger partial charge is 0.265 e. The van der Waals surface area contributed by atoms with Crippen molar-refractivity contribution in [2.45, 2.75) is 19.1 Å². The molecule has 150 valence electrons. The van der Waals surface area contributed by atoms with E-state index in [0.29, 0.717) is 31.0 Å². The van der Waals surface area contributed by atoms with Crippen molar-refractivity contribution in [1.29, 1.82) is 0 Å². The molecule has 0 bridgehead atoms. The summed E-state index contributed by atoms with van der Waals surface area (Å²) in [5.74, 6) is -1.02. The van der Waals surface area contributed by atoms with Gasteiger partial charge in [-0.25, -0.2) is 0 Å². The minimum Gasteiger partial charge on any atom is -0.373 e. The molecule has 1 aromatic carbocycles. The third-order valence-corrected chi connectivity index (χ3v) is 5.12. The predicted molar refractivity (Wildman–Crippen MR) is 107 cm³/mol. The Morgan fingerprint density at radius 1 is 1.28 bits per heavy atom. The van der Waals surface area contributed by atoms with Crippen molar-refractivity contribution in [2.75, 3.05) is 11.9 Å². The summed E-state index contributed by atoms with van der Waals surface area (Å²) in [6.07, 6.45) is 5.62. The number of carbonyl (C=O) groups is 2. The Bertz CT molecular complexity index is 1020. The van der Waals surface area contributed by atoms with Gasteiger partial charge in [0.25, 0.3) is 5.91 Å². The number of rotatable bonds is 6. The first kappa shape index (κ1) is 18.9. The maximum Gasteiger partial charge on any atom is 0.265 e. The average Bonchev–Trinajstić information content (AvgIpc) is 3.42. The molecule has 3 heterocycles. The highest BCUT2D eigenvalue weighted by Crippen LogP contribution is 2.35. The molecule has 0 saturated carbocycles. The molecule has 8 heteroatoms. The van der Waals surface area contributed by atoms with Gasteiger partial charge in [-0.2, -0.15) is 5.10 Å². The summed E-state index contributed by atoms with van der Waals surface area (Å²) in [5.41, 5.74) is 8.24. The van der Waals surface area contributed by atoms with Gasteiger partial charge in [-0.05, 0) is 18.1 Å². The Labute approximate surface area is 168 Å². The number of nitrogens with one attached hydrogen (secondary N) is 1. The number of amides is 2. The van der Waals surface area contributed by atoms with E-state index in [9.17, 15) is 9.59 Å². The second-order valence-corrected chi connectivity index (χ2v) is 7.22. The van der Waals surface area contributed by atoms with Crippen LogP contribution in [-0.2, 0) is 23.1 Å². The lowest BCUT2D eigenvalue weighted by molar-refractivity contribution is -0.121. The highest BCUT2D eigenvalue weighted by atomic mass is 16.5. The van der Waals surface area contributed by atoms with Crippen LogP contribution in [0.1, 0.15) is 34.1 Å². The molecular weight excluding hydrogens is 370 g/mol. The summed E-state index contributed by atoms with van der Waals surface area (Å²) in [6, 6.07) is 11.6. The first-order chi connectivity index (χ1) is 14.0. The van der Waals surface area contributed by atoms with E-state index >= 15 is 0 Å². The van der Waals surface area contributed by atoms with Crippen molar-refractivity contribution in [3.63, 3.8) is 0 Å². The predicted octanol–water partition coefficient (Wildman–Crippen LogP) is 2.09. The van der Waals surface area contributed by atoms with Gasteiger partial charge in [0.2, 0.25) is 5.91 Å². The lowest BCUT2D eigenvalue weighted by atomic mass is 9.96. The fourth-order valence-corrected chi connectivity index (χ4v) is 3.68. The Kier molecular flexibility index (Phi) is 5.18. The number of hydrogen-bond donors (Lipinski definition) is 2. The molecule has 1 aliphatic rings. The maximum atomic E-state index is 12.8. The van der Waals surface area contributed by atoms with Gasteiger partial charge in [0.15, 0.2) is 0 Å². The van der Waals surface area contributed by atoms with Crippen LogP contribution in [0.5, 0.6) is 0 Å². The lowest BCUT2D eigenvalue weighted by Gasteiger charge is -2.16. The van der Waals surface area contributed by atoms with Gasteiger partial charge in [0, 0.05) is 31.6 Å². The molecule has 0 spiro atoms. The number of aryl methyl sites for hydroxylation is 1. The monoisotopic (exact) mass is 393 g/mol. The molecule has 2 aromatic heterocycles. The zero-order valence-electron chi connectivity index (χ0n) is 16.1. The van der Waals surface area contributed by atoms with Crippen LogP contribution in [0.25, 0.3) is 0 Å². The molecule has 8 nitrogen and oxygen atoms in total. The molecule has 4 rings (SSSR count). The topological polar surface area (TPSA) is 104 Å². The van der Waals surface area contributed by atoms with Gasteiger partial charge < -0.3 is 20.4 Å². The van der Waals surface area contributed by atoms with Crippen LogP contribution < -0.4 is 11.1 Å². The highest BCUT2D eigenvalue weighted by molar-refractivity contribution is 5.96. The van der Waals surface area contributed by atoms with E-state index in [0.717, 1.165) is 11.1 Å². The number of ether oxygens (including phenoxy) is 1. The van der Waals surface area contributed by atoms with Gasteiger partial charge in [-0.1, -0.05) is 30.3 Å². The largest absolute Gasteiger partial charge is 0.373 e. The Morgan fingerprint density at radius 3 is 2.79 bits per heavy atom. The summed E-state index contributed by atoms with van der Waals surface area (Å²) < 4.78 is 9.28. The molecule has 0 aliphatic carbocycles. The number of benzene rings is 1. The van der Waals surface area contributed by atoms with Crippen LogP contribution in [0.3, 0.4) is 0 Å². The first-order valence-corrected chi connectivity index (χ1v) is 9.46. The van der Waals surface area contributed by atoms with Crippen LogP contribution in [0.2, 0.25) is 0 Å². The van der Waals surface area contributed by atoms with Crippen LogP contribution in [0.4, 0.5) is 5.69 Å². The number of nitrogens with two attached hydrogens (primary N) is 1. The van der Waals surface area contributed by atoms with Crippen molar-refractivity contribution in [1.82, 2.24) is 14.3 Å². The minimum absolute atomic E-state index is 0.148. The van der Waals surface area contributed by atoms with Gasteiger partial charge in [-0.3, -0.25) is 14.3 Å². The van der Waals surface area contributed by atoms with Crippen LogP contribution >= 0.6 is 0 Å². The molecule has 1 aliphatic heterocycles. The van der Waals surface area contributed by atoms with E-state index in [1.54, 1.807) is 30.1 Å². The third kappa shape index (κ3) is 4.07. The summed E-state index contributed by atoms with van der Waals surface area (Å²) in [5, 5.41) is 7.29. The van der Waals surface area contributed by atoms with Crippen LogP contribution in [0.15, 0.2) is 55.0 Å². The summed E-state index contributed by atoms with van der Waals surface area (Å²) in [7, 11) is 1.71. The Morgan fingerprint density at radius 2 is 2.07 bits per heavy atom. The fraction of sp³-hybridized carbons (Fsp3) is 0.286. The Hall–Kier alpha value is -3.39. The summed E-state index contributed by atoms with van der Waals surface area (Å²) in [4.78, 5) is 24.2. The molecule has 1 saturated heterocycles. The van der Waals surface area contributed by atoms with Crippen molar-refractivity contribution >= 4 is 17.5 Å². The molecule has 29 heavy (non-hydrogen) atoms. The summed E-state index contributed by atoms with van der Waals surface area (Å²) >= 11 is 0. The zero-order valence-corrected chi connectivity index (χ0v) is 16.1. The maximum absolute atomic E-state index is 12.8. The number of aromatic nitrogens is 3. The molecule has 2 atom stereocenters. The normalized spacial score (nSPS) is 18.7. The standard InChI is InChI=1S/C21H23N5O3/c1-25-13-16(9-18(25)20(22)27)24-21(28)17-7-8-29-19(17)15-10-23-26(12-15)11-14-5-3-2-4-6-14/h2-6,9-10,12-13,17,19H,7-8,11H2,1H3,(H2,22,27)(H,24,28)/t17-,19+/m0/s1. The average molecular weight is 393 g/mol. The van der Waals surface area contributed by atoms with E-state index in [2.05, 4.69) is 10.4 Å². The van der Waals surface area contributed by atoms with E-state index < -0.39 is 5.91 Å². The van der Waals surface area contributed by atoms with Gasteiger partial charge >= 0.3 is 0 Å². The van der Waals surface area contributed by atoms with Gasteiger partial charge in [0.1, 0.15) is 5.69 Å². The molecule has 0 radical (unpaired) electrons. The van der Waals surface area contributed by atoms with E-state index in [-0.39, 0.29) is 17.9 Å². The minimum atomic E-state index is -0.541. The molecule has 1 fully saturated rings. The molecule has 3 aromatic rings. The number of nitrogens with zero attached hydrogens (tertiary/aromatic N) is 3. The number of anilines is 1. The van der Waals surface area contributed by atoms with Gasteiger partial charge in [-0.15, -0.1) is 0 Å². The zero-order chi connectivity index (χ0) is 20.4. The van der Waals surface area contributed by atoms with E-state index in [4.69, 9.17) is 10.5 Å². The quantitative estimate of drug-likeness (QED) is 0.669. The molecule has 0 unspecified atom stereocenters. The second-order valence-electron chi connectivity index (χ2n) is 7.22. The van der Waals surface area contributed by atoms with Crippen LogP contribution in [0, 0.1) is 5.92 Å². The fourth-order valence-electron chi connectivity index (χ4n) is 3.68. The molecular formula is C21H23N5O3. The van der Waals surface area contributed by atoms with Crippen molar-refractivity contribution < 1.29 is 14.3 Å². The van der Waals surface area contributed by atoms with E-state index in [1.807, 2.05) is 41.2 Å². The second kappa shape index (κ2) is 7.92. The number of hydrogen-bond acceptors (Lipinski definition) is 4. The van der Waals surface area contributed by atoms with Gasteiger partial charge in [0.05, 0.1) is 30.5 Å². The van der Waals surface area contributed by atoms with Crippen molar-refractivity contribution in [2.24, 2.45) is 18.7 Å². The third-order valence-electron chi connectivity index (χ3n) is 5.12. The number of primary amides is 1. The SMILES string of the molecule is Cn1cc(NC(=O)[C@H]2CCO[C@@H]2c2cnn(Cc3ccccc3)c2)cc1C(N)=O.